The van der Waals surface area contributed by atoms with Gasteiger partial charge in [-0.3, -0.25) is 0 Å². The molecule has 1 rings (SSSR count). The van der Waals surface area contributed by atoms with E-state index < -0.39 is 24.4 Å². The van der Waals surface area contributed by atoms with Gasteiger partial charge in [-0.25, -0.2) is 0 Å². The summed E-state index contributed by atoms with van der Waals surface area (Å²) in [5, 5.41) is 0. The molecule has 1 fully saturated rings. The van der Waals surface area contributed by atoms with Gasteiger partial charge in [0.2, 0.25) is 0 Å². The van der Waals surface area contributed by atoms with E-state index in [0.717, 1.165) is 0 Å². The van der Waals surface area contributed by atoms with Gasteiger partial charge in [0.05, 0.1) is 6.61 Å². The highest BCUT2D eigenvalue weighted by atomic mass is 16.7. The molecular weight excluding hydrogens is 324 g/mol. The van der Waals surface area contributed by atoms with Crippen molar-refractivity contribution in [3.8, 4) is 0 Å². The molecule has 0 bridgehead atoms. The lowest BCUT2D eigenvalue weighted by Crippen LogP contribution is -2.56. The molecule has 9 nitrogen and oxygen atoms in total. The summed E-state index contributed by atoms with van der Waals surface area (Å²) in [6, 6.07) is 0. The van der Waals surface area contributed by atoms with Crippen molar-refractivity contribution in [3.63, 3.8) is 0 Å². The standard InChI is InChI=1S/C15H28O9/c1-11-13(21-8-17-3)15(23-10-19-5)14(22-9-18-4)12(24-11)6-20-7-16-2/h12-15H,1,6-10H2,2-5H3. The Labute approximate surface area is 142 Å². The van der Waals surface area contributed by atoms with Crippen molar-refractivity contribution in [1.82, 2.24) is 0 Å². The number of hydrogen-bond acceptors (Lipinski definition) is 9. The molecule has 0 spiro atoms. The SMILES string of the molecule is C=C1OC(COCOC)C(OCOC)C(OCOC)C1OCOC. The highest BCUT2D eigenvalue weighted by Crippen LogP contribution is 2.30. The monoisotopic (exact) mass is 352 g/mol. The van der Waals surface area contributed by atoms with Crippen LogP contribution in [0.1, 0.15) is 0 Å². The summed E-state index contributed by atoms with van der Waals surface area (Å²) >= 11 is 0. The largest absolute Gasteiger partial charge is 0.487 e. The van der Waals surface area contributed by atoms with Gasteiger partial charge in [-0.2, -0.15) is 0 Å². The molecule has 0 amide bonds. The summed E-state index contributed by atoms with van der Waals surface area (Å²) in [5.41, 5.74) is 0. The Morgan fingerprint density at radius 1 is 0.792 bits per heavy atom. The maximum absolute atomic E-state index is 5.81. The summed E-state index contributed by atoms with van der Waals surface area (Å²) in [6.07, 6.45) is -2.11. The summed E-state index contributed by atoms with van der Waals surface area (Å²) in [4.78, 5) is 0. The van der Waals surface area contributed by atoms with Crippen LogP contribution in [0.3, 0.4) is 0 Å². The Morgan fingerprint density at radius 3 is 1.92 bits per heavy atom. The lowest BCUT2D eigenvalue weighted by molar-refractivity contribution is -0.258. The lowest BCUT2D eigenvalue weighted by atomic mass is 9.98. The Morgan fingerprint density at radius 2 is 1.33 bits per heavy atom. The lowest BCUT2D eigenvalue weighted by Gasteiger charge is -2.42. The molecule has 0 N–H and O–H groups in total. The minimum absolute atomic E-state index is 0.0573. The third-order valence-electron chi connectivity index (χ3n) is 3.21. The first-order valence-electron chi connectivity index (χ1n) is 7.43. The van der Waals surface area contributed by atoms with Crippen LogP contribution in [0.5, 0.6) is 0 Å². The first-order chi connectivity index (χ1) is 11.7. The third-order valence-corrected chi connectivity index (χ3v) is 3.21. The molecule has 142 valence electrons. The van der Waals surface area contributed by atoms with Gasteiger partial charge in [0.25, 0.3) is 0 Å². The van der Waals surface area contributed by atoms with Gasteiger partial charge >= 0.3 is 0 Å². The number of rotatable bonds is 13. The van der Waals surface area contributed by atoms with Crippen molar-refractivity contribution in [2.45, 2.75) is 24.4 Å². The Kier molecular flexibility index (Phi) is 11.1. The van der Waals surface area contributed by atoms with Crippen LogP contribution in [-0.4, -0.2) is 86.6 Å². The van der Waals surface area contributed by atoms with Crippen molar-refractivity contribution >= 4 is 0 Å². The van der Waals surface area contributed by atoms with Crippen molar-refractivity contribution in [3.05, 3.63) is 12.3 Å². The molecule has 1 aliphatic heterocycles. The highest BCUT2D eigenvalue weighted by Gasteiger charge is 2.46. The number of hydrogen-bond donors (Lipinski definition) is 0. The van der Waals surface area contributed by atoms with Crippen LogP contribution in [-0.2, 0) is 42.6 Å². The molecule has 0 radical (unpaired) electrons. The molecule has 0 aromatic rings. The number of methoxy groups -OCH3 is 4. The molecule has 0 saturated carbocycles. The maximum Gasteiger partial charge on any atom is 0.150 e. The van der Waals surface area contributed by atoms with Gasteiger partial charge in [0, 0.05) is 28.4 Å². The molecule has 4 unspecified atom stereocenters. The average Bonchev–Trinajstić information content (AvgIpc) is 2.58. The van der Waals surface area contributed by atoms with E-state index in [-0.39, 0.29) is 33.8 Å². The van der Waals surface area contributed by atoms with Crippen LogP contribution in [0.25, 0.3) is 0 Å². The van der Waals surface area contributed by atoms with E-state index >= 15 is 0 Å². The van der Waals surface area contributed by atoms with Crippen molar-refractivity contribution in [2.75, 3.05) is 62.2 Å². The molecule has 0 aromatic heterocycles. The Bertz CT molecular complexity index is 339. The molecule has 4 atom stereocenters. The van der Waals surface area contributed by atoms with Crippen molar-refractivity contribution in [2.24, 2.45) is 0 Å². The molecule has 1 heterocycles. The van der Waals surface area contributed by atoms with E-state index in [1.54, 1.807) is 7.11 Å². The van der Waals surface area contributed by atoms with Crippen LogP contribution >= 0.6 is 0 Å². The van der Waals surface area contributed by atoms with E-state index in [2.05, 4.69) is 6.58 Å². The zero-order chi connectivity index (χ0) is 17.8. The van der Waals surface area contributed by atoms with Crippen LogP contribution in [0.2, 0.25) is 0 Å². The molecule has 9 heteroatoms. The summed E-state index contributed by atoms with van der Waals surface area (Å²) < 4.78 is 48.1. The van der Waals surface area contributed by atoms with Crippen molar-refractivity contribution in [1.29, 1.82) is 0 Å². The topological polar surface area (TPSA) is 83.1 Å². The summed E-state index contributed by atoms with van der Waals surface area (Å²) in [6.45, 7) is 4.44. The molecular formula is C15H28O9. The summed E-state index contributed by atoms with van der Waals surface area (Å²) in [5.74, 6) is 0.399. The van der Waals surface area contributed by atoms with Gasteiger partial charge in [0.1, 0.15) is 51.2 Å². The second-order valence-corrected chi connectivity index (χ2v) is 4.97. The fourth-order valence-corrected chi connectivity index (χ4v) is 2.28. The molecule has 1 aliphatic rings. The normalized spacial score (nSPS) is 27.2. The van der Waals surface area contributed by atoms with Gasteiger partial charge < -0.3 is 42.6 Å². The minimum Gasteiger partial charge on any atom is -0.487 e. The van der Waals surface area contributed by atoms with Crippen LogP contribution < -0.4 is 0 Å². The molecule has 0 aliphatic carbocycles. The minimum atomic E-state index is -0.583. The van der Waals surface area contributed by atoms with Gasteiger partial charge in [0.15, 0.2) is 6.10 Å². The smallest absolute Gasteiger partial charge is 0.150 e. The van der Waals surface area contributed by atoms with Gasteiger partial charge in [-0.05, 0) is 0 Å². The molecule has 0 aromatic carbocycles. The van der Waals surface area contributed by atoms with Gasteiger partial charge in [-0.1, -0.05) is 6.58 Å². The first kappa shape index (κ1) is 21.3. The fourth-order valence-electron chi connectivity index (χ4n) is 2.28. The van der Waals surface area contributed by atoms with E-state index in [0.29, 0.717) is 5.76 Å². The first-order valence-corrected chi connectivity index (χ1v) is 7.43. The zero-order valence-electron chi connectivity index (χ0n) is 14.7. The predicted molar refractivity (Wildman–Crippen MR) is 82.1 cm³/mol. The maximum atomic E-state index is 5.81. The summed E-state index contributed by atoms with van der Waals surface area (Å²) in [7, 11) is 6.13. The molecule has 24 heavy (non-hydrogen) atoms. The fraction of sp³-hybridized carbons (Fsp3) is 0.867. The van der Waals surface area contributed by atoms with E-state index in [9.17, 15) is 0 Å². The van der Waals surface area contributed by atoms with E-state index in [4.69, 9.17) is 42.6 Å². The number of ether oxygens (including phenoxy) is 9. The Hall–Kier alpha value is -0.780. The van der Waals surface area contributed by atoms with Crippen LogP contribution in [0.4, 0.5) is 0 Å². The Balaban J connectivity index is 2.87. The molecule has 1 saturated heterocycles. The highest BCUT2D eigenvalue weighted by molar-refractivity contribution is 5.07. The van der Waals surface area contributed by atoms with E-state index in [1.807, 2.05) is 0 Å². The predicted octanol–water partition coefficient (Wildman–Crippen LogP) is 0.487. The van der Waals surface area contributed by atoms with Crippen molar-refractivity contribution < 1.29 is 42.6 Å². The van der Waals surface area contributed by atoms with Crippen LogP contribution in [0, 0.1) is 0 Å². The van der Waals surface area contributed by atoms with Gasteiger partial charge in [-0.15, -0.1) is 0 Å². The van der Waals surface area contributed by atoms with E-state index in [1.165, 1.54) is 21.3 Å². The second-order valence-electron chi connectivity index (χ2n) is 4.97. The average molecular weight is 352 g/mol. The second kappa shape index (κ2) is 12.6. The third kappa shape index (κ3) is 6.61. The zero-order valence-corrected chi connectivity index (χ0v) is 14.7. The quantitative estimate of drug-likeness (QED) is 0.347. The van der Waals surface area contributed by atoms with Crippen LogP contribution in [0.15, 0.2) is 12.3 Å².